The molecule has 18 heavy (non-hydrogen) atoms. The Morgan fingerprint density at radius 1 is 1.33 bits per heavy atom. The van der Waals surface area contributed by atoms with Crippen LogP contribution >= 0.6 is 0 Å². The van der Waals surface area contributed by atoms with E-state index in [1.165, 1.54) is 7.11 Å². The predicted molar refractivity (Wildman–Crippen MR) is 74.7 cm³/mol. The van der Waals surface area contributed by atoms with Crippen LogP contribution in [0.2, 0.25) is 0 Å². The summed E-state index contributed by atoms with van der Waals surface area (Å²) in [5, 5.41) is 6.53. The number of unbranched alkanes of at least 4 members (excludes halogenated alkanes) is 1. The van der Waals surface area contributed by atoms with Crippen molar-refractivity contribution >= 4 is 11.9 Å². The summed E-state index contributed by atoms with van der Waals surface area (Å²) in [4.78, 5) is 15.4. The van der Waals surface area contributed by atoms with E-state index in [-0.39, 0.29) is 5.97 Å². The van der Waals surface area contributed by atoms with E-state index in [9.17, 15) is 4.79 Å². The number of aliphatic imine (C=N–C) groups is 1. The molecule has 5 nitrogen and oxygen atoms in total. The van der Waals surface area contributed by atoms with E-state index in [1.807, 2.05) is 6.92 Å². The van der Waals surface area contributed by atoms with Crippen LogP contribution in [0, 0.1) is 0 Å². The Morgan fingerprint density at radius 2 is 2.06 bits per heavy atom. The molecule has 0 aliphatic rings. The average molecular weight is 257 g/mol. The molecule has 106 valence electrons. The van der Waals surface area contributed by atoms with Crippen LogP contribution in [0.3, 0.4) is 0 Å². The Labute approximate surface area is 110 Å². The molecule has 0 aromatic heterocycles. The molecular weight excluding hydrogens is 230 g/mol. The van der Waals surface area contributed by atoms with E-state index >= 15 is 0 Å². The van der Waals surface area contributed by atoms with Crippen molar-refractivity contribution in [2.24, 2.45) is 4.99 Å². The molecule has 1 atom stereocenters. The zero-order valence-electron chi connectivity index (χ0n) is 12.1. The Balaban J connectivity index is 3.89. The number of guanidine groups is 1. The lowest BCUT2D eigenvalue weighted by Gasteiger charge is -2.16. The number of hydrogen-bond acceptors (Lipinski definition) is 3. The van der Waals surface area contributed by atoms with Gasteiger partial charge in [-0.2, -0.15) is 0 Å². The molecule has 0 bridgehead atoms. The van der Waals surface area contributed by atoms with Gasteiger partial charge in [0.15, 0.2) is 5.96 Å². The maximum atomic E-state index is 10.9. The zero-order chi connectivity index (χ0) is 13.8. The summed E-state index contributed by atoms with van der Waals surface area (Å²) >= 11 is 0. The van der Waals surface area contributed by atoms with Gasteiger partial charge in [-0.15, -0.1) is 0 Å². The van der Waals surface area contributed by atoms with Crippen molar-refractivity contribution < 1.29 is 9.53 Å². The van der Waals surface area contributed by atoms with Crippen LogP contribution in [0.15, 0.2) is 4.99 Å². The molecule has 0 rings (SSSR count). The number of nitrogens with one attached hydrogen (secondary N) is 2. The topological polar surface area (TPSA) is 62.7 Å². The Bertz CT molecular complexity index is 255. The average Bonchev–Trinajstić information content (AvgIpc) is 2.37. The number of hydrogen-bond donors (Lipinski definition) is 2. The van der Waals surface area contributed by atoms with Gasteiger partial charge in [-0.1, -0.05) is 6.92 Å². The van der Waals surface area contributed by atoms with Crippen molar-refractivity contribution in [2.45, 2.75) is 52.5 Å². The van der Waals surface area contributed by atoms with Crippen molar-refractivity contribution in [3.05, 3.63) is 0 Å². The first-order valence-electron chi connectivity index (χ1n) is 6.75. The summed E-state index contributed by atoms with van der Waals surface area (Å²) in [7, 11) is 1.42. The predicted octanol–water partition coefficient (Wildman–Crippen LogP) is 1.68. The highest BCUT2D eigenvalue weighted by Crippen LogP contribution is 1.97. The number of methoxy groups -OCH3 is 1. The molecule has 0 fully saturated rings. The molecule has 0 heterocycles. The van der Waals surface area contributed by atoms with Gasteiger partial charge in [-0.05, 0) is 33.1 Å². The summed E-state index contributed by atoms with van der Waals surface area (Å²) < 4.78 is 4.58. The van der Waals surface area contributed by atoms with E-state index < -0.39 is 0 Å². The maximum absolute atomic E-state index is 10.9. The quantitative estimate of drug-likeness (QED) is 0.300. The minimum Gasteiger partial charge on any atom is -0.469 e. The van der Waals surface area contributed by atoms with E-state index in [0.717, 1.165) is 38.3 Å². The molecular formula is C13H27N3O2. The van der Waals surface area contributed by atoms with Gasteiger partial charge in [-0.3, -0.25) is 9.79 Å². The second-order valence-electron chi connectivity index (χ2n) is 4.25. The third kappa shape index (κ3) is 8.84. The summed E-state index contributed by atoms with van der Waals surface area (Å²) in [5.74, 6) is 0.702. The summed E-state index contributed by atoms with van der Waals surface area (Å²) in [5.41, 5.74) is 0. The fourth-order valence-corrected chi connectivity index (χ4v) is 1.33. The second-order valence-corrected chi connectivity index (χ2v) is 4.25. The van der Waals surface area contributed by atoms with Gasteiger partial charge in [0.1, 0.15) is 0 Å². The largest absolute Gasteiger partial charge is 0.469 e. The molecule has 0 aliphatic heterocycles. The van der Waals surface area contributed by atoms with Crippen LogP contribution in [-0.4, -0.2) is 38.2 Å². The number of esters is 1. The Morgan fingerprint density at radius 3 is 2.61 bits per heavy atom. The lowest BCUT2D eigenvalue weighted by molar-refractivity contribution is -0.140. The summed E-state index contributed by atoms with van der Waals surface area (Å²) in [6, 6.07) is 0.415. The SMILES string of the molecule is CCNC(=NCCCCC(=O)OC)NC(C)CC. The van der Waals surface area contributed by atoms with Crippen LogP contribution in [0.4, 0.5) is 0 Å². The van der Waals surface area contributed by atoms with Gasteiger partial charge in [0.05, 0.1) is 7.11 Å². The molecule has 0 saturated carbocycles. The molecule has 0 aliphatic carbocycles. The third-order valence-electron chi connectivity index (χ3n) is 2.63. The highest BCUT2D eigenvalue weighted by atomic mass is 16.5. The van der Waals surface area contributed by atoms with E-state index in [4.69, 9.17) is 0 Å². The van der Waals surface area contributed by atoms with Crippen molar-refractivity contribution in [3.8, 4) is 0 Å². The standard InChI is InChI=1S/C13H27N3O2/c1-5-11(3)16-13(14-6-2)15-10-8-7-9-12(17)18-4/h11H,5-10H2,1-4H3,(H2,14,15,16). The van der Waals surface area contributed by atoms with E-state index in [0.29, 0.717) is 12.5 Å². The Kier molecular flexibility index (Phi) is 10.1. The molecule has 2 N–H and O–H groups in total. The van der Waals surface area contributed by atoms with Gasteiger partial charge in [-0.25, -0.2) is 0 Å². The molecule has 5 heteroatoms. The van der Waals surface area contributed by atoms with Crippen molar-refractivity contribution in [3.63, 3.8) is 0 Å². The normalized spacial score (nSPS) is 13.0. The molecule has 0 radical (unpaired) electrons. The van der Waals surface area contributed by atoms with Crippen LogP contribution in [-0.2, 0) is 9.53 Å². The molecule has 1 unspecified atom stereocenters. The van der Waals surface area contributed by atoms with Crippen LogP contribution in [0.25, 0.3) is 0 Å². The zero-order valence-corrected chi connectivity index (χ0v) is 12.1. The molecule has 0 amide bonds. The van der Waals surface area contributed by atoms with Crippen molar-refractivity contribution in [1.29, 1.82) is 0 Å². The van der Waals surface area contributed by atoms with Crippen LogP contribution < -0.4 is 10.6 Å². The molecule has 0 aromatic carbocycles. The second kappa shape index (κ2) is 10.9. The fraction of sp³-hybridized carbons (Fsp3) is 0.846. The highest BCUT2D eigenvalue weighted by Gasteiger charge is 2.02. The lowest BCUT2D eigenvalue weighted by atomic mass is 10.2. The summed E-state index contributed by atoms with van der Waals surface area (Å²) in [6.45, 7) is 7.89. The van der Waals surface area contributed by atoms with Gasteiger partial charge in [0, 0.05) is 25.6 Å². The summed E-state index contributed by atoms with van der Waals surface area (Å²) in [6.07, 6.45) is 3.25. The first kappa shape index (κ1) is 16.7. The van der Waals surface area contributed by atoms with E-state index in [1.54, 1.807) is 0 Å². The van der Waals surface area contributed by atoms with Crippen LogP contribution in [0.5, 0.6) is 0 Å². The van der Waals surface area contributed by atoms with Crippen molar-refractivity contribution in [2.75, 3.05) is 20.2 Å². The monoisotopic (exact) mass is 257 g/mol. The van der Waals surface area contributed by atoms with Gasteiger partial charge >= 0.3 is 5.97 Å². The number of nitrogens with zero attached hydrogens (tertiary/aromatic N) is 1. The third-order valence-corrected chi connectivity index (χ3v) is 2.63. The fourth-order valence-electron chi connectivity index (χ4n) is 1.33. The maximum Gasteiger partial charge on any atom is 0.305 e. The van der Waals surface area contributed by atoms with Crippen molar-refractivity contribution in [1.82, 2.24) is 10.6 Å². The highest BCUT2D eigenvalue weighted by molar-refractivity contribution is 5.80. The van der Waals surface area contributed by atoms with Gasteiger partial charge < -0.3 is 15.4 Å². The lowest BCUT2D eigenvalue weighted by Crippen LogP contribution is -2.42. The first-order valence-corrected chi connectivity index (χ1v) is 6.75. The number of carbonyl (C=O) groups is 1. The molecule has 0 aromatic rings. The number of ether oxygens (including phenoxy) is 1. The van der Waals surface area contributed by atoms with Crippen LogP contribution in [0.1, 0.15) is 46.5 Å². The Hall–Kier alpha value is -1.26. The molecule has 0 spiro atoms. The molecule has 0 saturated heterocycles. The number of rotatable bonds is 8. The minimum atomic E-state index is -0.149. The smallest absolute Gasteiger partial charge is 0.305 e. The van der Waals surface area contributed by atoms with Gasteiger partial charge in [0.25, 0.3) is 0 Å². The number of carbonyl (C=O) groups excluding carboxylic acids is 1. The van der Waals surface area contributed by atoms with E-state index in [2.05, 4.69) is 34.2 Å². The first-order chi connectivity index (χ1) is 8.63. The minimum absolute atomic E-state index is 0.149. The van der Waals surface area contributed by atoms with Gasteiger partial charge in [0.2, 0.25) is 0 Å².